The molecule has 39 heavy (non-hydrogen) atoms. The van der Waals surface area contributed by atoms with Crippen molar-refractivity contribution in [1.82, 2.24) is 19.5 Å². The van der Waals surface area contributed by atoms with E-state index in [0.29, 0.717) is 5.82 Å². The summed E-state index contributed by atoms with van der Waals surface area (Å²) in [4.78, 5) is 16.9. The van der Waals surface area contributed by atoms with Gasteiger partial charge in [0.2, 0.25) is 0 Å². The predicted octanol–water partition coefficient (Wildman–Crippen LogP) is 5.87. The number of benzene rings is 2. The molecular weight excluding hydrogens is 482 g/mol. The number of hydrogen-bond donors (Lipinski definition) is 2. The number of fused-ring (bicyclic) bond motifs is 1. The number of hydrogen-bond acceptors (Lipinski definition) is 6. The summed E-state index contributed by atoms with van der Waals surface area (Å²) in [6.07, 6.45) is 9.54. The highest BCUT2D eigenvalue weighted by Gasteiger charge is 2.34. The Morgan fingerprint density at radius 1 is 0.821 bits per heavy atom. The van der Waals surface area contributed by atoms with Crippen LogP contribution in [0, 0.1) is 6.42 Å². The zero-order chi connectivity index (χ0) is 26.4. The van der Waals surface area contributed by atoms with E-state index >= 15 is 0 Å². The largest absolute Gasteiger partial charge is 0.383 e. The molecule has 1 aliphatic heterocycles. The van der Waals surface area contributed by atoms with Gasteiger partial charge in [0.25, 0.3) is 0 Å². The summed E-state index contributed by atoms with van der Waals surface area (Å²) in [5, 5.41) is 0. The third-order valence-electron chi connectivity index (χ3n) is 8.24. The van der Waals surface area contributed by atoms with Crippen molar-refractivity contribution in [3.05, 3.63) is 91.0 Å². The second kappa shape index (κ2) is 9.50. The molecule has 195 valence electrons. The maximum absolute atomic E-state index is 6.61. The molecule has 4 N–H and O–H groups in total. The van der Waals surface area contributed by atoms with Gasteiger partial charge in [-0.15, -0.1) is 0 Å². The first kappa shape index (κ1) is 23.9. The number of nitrogen functional groups attached to an aromatic ring is 1. The normalized spacial score (nSPS) is 16.8. The summed E-state index contributed by atoms with van der Waals surface area (Å²) in [6.45, 7) is 2.11. The first-order chi connectivity index (χ1) is 19.1. The van der Waals surface area contributed by atoms with E-state index in [2.05, 4.69) is 75.5 Å². The van der Waals surface area contributed by atoms with Gasteiger partial charge in [0.05, 0.1) is 11.3 Å². The van der Waals surface area contributed by atoms with Crippen molar-refractivity contribution >= 4 is 22.7 Å². The molecule has 1 saturated heterocycles. The van der Waals surface area contributed by atoms with E-state index < -0.39 is 0 Å². The molecule has 1 aliphatic carbocycles. The van der Waals surface area contributed by atoms with Gasteiger partial charge in [-0.25, -0.2) is 15.0 Å². The van der Waals surface area contributed by atoms with Crippen molar-refractivity contribution in [2.24, 2.45) is 5.73 Å². The Balaban J connectivity index is 1.36. The van der Waals surface area contributed by atoms with E-state index in [0.717, 1.165) is 78.3 Å². The minimum absolute atomic E-state index is 0.213. The lowest BCUT2D eigenvalue weighted by Gasteiger charge is -2.38. The van der Waals surface area contributed by atoms with Crippen molar-refractivity contribution in [3.63, 3.8) is 0 Å². The number of nitrogens with two attached hydrogens (primary N) is 2. The van der Waals surface area contributed by atoms with Crippen LogP contribution in [0.4, 0.5) is 11.5 Å². The fraction of sp³-hybridized carbons (Fsp3) is 0.250. The SMILES string of the molecule is Nc1ncccc1-c1nc2ccc(-c3cccc(N4CC[CH]CC4)c3)nc2n1-c1ccc(C2(N)CCC2)cc1. The second-order valence-electron chi connectivity index (χ2n) is 10.7. The zero-order valence-corrected chi connectivity index (χ0v) is 21.9. The Labute approximate surface area is 228 Å². The number of imidazole rings is 1. The molecule has 0 atom stereocenters. The van der Waals surface area contributed by atoms with E-state index in [9.17, 15) is 0 Å². The Morgan fingerprint density at radius 3 is 2.38 bits per heavy atom. The minimum Gasteiger partial charge on any atom is -0.383 e. The van der Waals surface area contributed by atoms with E-state index in [1.54, 1.807) is 6.20 Å². The maximum Gasteiger partial charge on any atom is 0.165 e. The second-order valence-corrected chi connectivity index (χ2v) is 10.7. The highest BCUT2D eigenvalue weighted by Crippen LogP contribution is 2.39. The van der Waals surface area contributed by atoms with Crippen LogP contribution >= 0.6 is 0 Å². The molecule has 3 aromatic heterocycles. The fourth-order valence-corrected chi connectivity index (χ4v) is 5.81. The molecule has 2 fully saturated rings. The van der Waals surface area contributed by atoms with Crippen LogP contribution < -0.4 is 16.4 Å². The van der Waals surface area contributed by atoms with Gasteiger partial charge < -0.3 is 16.4 Å². The Bertz CT molecular complexity index is 1640. The van der Waals surface area contributed by atoms with Crippen LogP contribution in [-0.2, 0) is 5.54 Å². The standard InChI is InChI=1S/C32H32N7/c33-29-26(9-5-18-35-29)30-37-28-15-14-27(22-7-4-8-25(21-22)38-19-2-1-3-20-38)36-31(28)39(30)24-12-10-23(11-13-24)32(34)16-6-17-32/h1,4-5,7-15,18,21H,2-3,6,16-17,19-20,34H2,(H2,33,35). The molecule has 2 aromatic carbocycles. The van der Waals surface area contributed by atoms with Gasteiger partial charge in [-0.1, -0.05) is 24.3 Å². The van der Waals surface area contributed by atoms with Gasteiger partial charge in [-0.05, 0) is 92.6 Å². The molecule has 0 unspecified atom stereocenters. The van der Waals surface area contributed by atoms with Gasteiger partial charge in [0.15, 0.2) is 11.5 Å². The van der Waals surface area contributed by atoms with Gasteiger partial charge in [0, 0.05) is 41.8 Å². The van der Waals surface area contributed by atoms with Gasteiger partial charge >= 0.3 is 0 Å². The average Bonchev–Trinajstić information content (AvgIpc) is 3.35. The monoisotopic (exact) mass is 514 g/mol. The van der Waals surface area contributed by atoms with Crippen LogP contribution in [0.5, 0.6) is 0 Å². The molecule has 7 heteroatoms. The summed E-state index contributed by atoms with van der Waals surface area (Å²) in [6, 6.07) is 25.1. The number of aromatic nitrogens is 4. The van der Waals surface area contributed by atoms with Crippen LogP contribution in [0.2, 0.25) is 0 Å². The van der Waals surface area contributed by atoms with Crippen molar-refractivity contribution in [2.75, 3.05) is 23.7 Å². The van der Waals surface area contributed by atoms with Crippen molar-refractivity contribution < 1.29 is 0 Å². The minimum atomic E-state index is -0.213. The summed E-state index contributed by atoms with van der Waals surface area (Å²) in [5.74, 6) is 1.16. The Kier molecular flexibility index (Phi) is 5.81. The molecule has 0 bridgehead atoms. The van der Waals surface area contributed by atoms with Crippen molar-refractivity contribution in [3.8, 4) is 28.3 Å². The van der Waals surface area contributed by atoms with Crippen LogP contribution in [-0.4, -0.2) is 32.6 Å². The number of piperidine rings is 1. The average molecular weight is 515 g/mol. The van der Waals surface area contributed by atoms with Gasteiger partial charge in [-0.3, -0.25) is 4.57 Å². The number of rotatable bonds is 5. The summed E-state index contributed by atoms with van der Waals surface area (Å²) in [5.41, 5.74) is 20.5. The lowest BCUT2D eigenvalue weighted by Crippen LogP contribution is -2.43. The first-order valence-corrected chi connectivity index (χ1v) is 13.8. The first-order valence-electron chi connectivity index (χ1n) is 13.8. The van der Waals surface area contributed by atoms with E-state index in [-0.39, 0.29) is 5.54 Å². The lowest BCUT2D eigenvalue weighted by atomic mass is 9.73. The molecule has 0 amide bonds. The van der Waals surface area contributed by atoms with E-state index in [4.69, 9.17) is 21.4 Å². The molecule has 7 nitrogen and oxygen atoms in total. The van der Waals surface area contributed by atoms with Crippen LogP contribution in [0.3, 0.4) is 0 Å². The summed E-state index contributed by atoms with van der Waals surface area (Å²) >= 11 is 0. The molecule has 1 radical (unpaired) electrons. The van der Waals surface area contributed by atoms with Gasteiger partial charge in [0.1, 0.15) is 11.3 Å². The molecule has 0 spiro atoms. The Hall–Kier alpha value is -4.23. The van der Waals surface area contributed by atoms with Crippen LogP contribution in [0.1, 0.15) is 37.7 Å². The fourth-order valence-electron chi connectivity index (χ4n) is 5.81. The van der Waals surface area contributed by atoms with Gasteiger partial charge in [-0.2, -0.15) is 0 Å². The highest BCUT2D eigenvalue weighted by atomic mass is 15.1. The smallest absolute Gasteiger partial charge is 0.165 e. The van der Waals surface area contributed by atoms with Crippen LogP contribution in [0.25, 0.3) is 39.5 Å². The van der Waals surface area contributed by atoms with Crippen LogP contribution in [0.15, 0.2) is 79.0 Å². The van der Waals surface area contributed by atoms with Crippen molar-refractivity contribution in [1.29, 1.82) is 0 Å². The lowest BCUT2D eigenvalue weighted by molar-refractivity contribution is 0.253. The molecular formula is C32H32N7. The number of nitrogens with zero attached hydrogens (tertiary/aromatic N) is 5. The predicted molar refractivity (Wildman–Crippen MR) is 157 cm³/mol. The topological polar surface area (TPSA) is 98.9 Å². The third kappa shape index (κ3) is 4.23. The maximum atomic E-state index is 6.61. The molecule has 5 aromatic rings. The quantitative estimate of drug-likeness (QED) is 0.304. The summed E-state index contributed by atoms with van der Waals surface area (Å²) in [7, 11) is 0. The highest BCUT2D eigenvalue weighted by molar-refractivity contribution is 5.84. The molecule has 2 aliphatic rings. The molecule has 1 saturated carbocycles. The summed E-state index contributed by atoms with van der Waals surface area (Å²) < 4.78 is 2.09. The number of pyridine rings is 2. The third-order valence-corrected chi connectivity index (χ3v) is 8.24. The zero-order valence-electron chi connectivity index (χ0n) is 21.9. The molecule has 4 heterocycles. The van der Waals surface area contributed by atoms with E-state index in [1.165, 1.54) is 17.7 Å². The molecule has 7 rings (SSSR count). The van der Waals surface area contributed by atoms with E-state index in [1.807, 2.05) is 18.2 Å². The number of anilines is 2. The van der Waals surface area contributed by atoms with Crippen molar-refractivity contribution in [2.45, 2.75) is 37.6 Å². The Morgan fingerprint density at radius 2 is 1.64 bits per heavy atom.